The summed E-state index contributed by atoms with van der Waals surface area (Å²) in [5.41, 5.74) is 0. The minimum atomic E-state index is -3.36. The highest BCUT2D eigenvalue weighted by Gasteiger charge is 2.24. The van der Waals surface area contributed by atoms with Crippen molar-refractivity contribution in [1.82, 2.24) is 20.1 Å². The normalized spacial score (nSPS) is 16.3. The maximum absolute atomic E-state index is 11.6. The van der Waals surface area contributed by atoms with E-state index in [-0.39, 0.29) is 6.54 Å². The van der Waals surface area contributed by atoms with E-state index < -0.39 is 21.0 Å². The van der Waals surface area contributed by atoms with E-state index in [1.54, 1.807) is 0 Å². The molecule has 8 heteroatoms. The van der Waals surface area contributed by atoms with Gasteiger partial charge >= 0.3 is 0 Å². The summed E-state index contributed by atoms with van der Waals surface area (Å²) in [7, 11) is -3.36. The number of fused-ring (bicyclic) bond motifs is 1. The predicted molar refractivity (Wildman–Crippen MR) is 64.5 cm³/mol. The second-order valence-electron chi connectivity index (χ2n) is 4.48. The summed E-state index contributed by atoms with van der Waals surface area (Å²) in [6, 6.07) is 0. The molecule has 0 aliphatic carbocycles. The number of rotatable bonds is 4. The highest BCUT2D eigenvalue weighted by molar-refractivity contribution is 7.92. The number of nitrogens with zero attached hydrogens (tertiary/aromatic N) is 3. The molecule has 0 radical (unpaired) electrons. The Labute approximate surface area is 106 Å². The van der Waals surface area contributed by atoms with E-state index in [0.717, 1.165) is 31.5 Å². The van der Waals surface area contributed by atoms with Crippen molar-refractivity contribution in [3.63, 3.8) is 0 Å². The van der Waals surface area contributed by atoms with Gasteiger partial charge in [-0.1, -0.05) is 0 Å². The first kappa shape index (κ1) is 13.0. The van der Waals surface area contributed by atoms with Crippen molar-refractivity contribution in [2.45, 2.75) is 38.1 Å². The van der Waals surface area contributed by atoms with E-state index in [0.29, 0.717) is 5.82 Å². The summed E-state index contributed by atoms with van der Waals surface area (Å²) in [5, 5.41) is 9.53. The molecule has 0 aromatic carbocycles. The summed E-state index contributed by atoms with van der Waals surface area (Å²) in [4.78, 5) is 11.6. The first-order chi connectivity index (χ1) is 8.39. The summed E-state index contributed by atoms with van der Waals surface area (Å²) < 4.78 is 24.4. The Morgan fingerprint density at radius 2 is 2.22 bits per heavy atom. The van der Waals surface area contributed by atoms with Crippen LogP contribution >= 0.6 is 0 Å². The molecule has 1 atom stereocenters. The molecule has 1 aliphatic heterocycles. The molecule has 0 saturated heterocycles. The predicted octanol–water partition coefficient (Wildman–Crippen LogP) is -0.726. The van der Waals surface area contributed by atoms with Gasteiger partial charge in [0, 0.05) is 19.2 Å². The second kappa shape index (κ2) is 4.68. The van der Waals surface area contributed by atoms with Crippen LogP contribution in [0.15, 0.2) is 0 Å². The summed E-state index contributed by atoms with van der Waals surface area (Å²) in [5.74, 6) is 1.10. The quantitative estimate of drug-likeness (QED) is 0.780. The van der Waals surface area contributed by atoms with Gasteiger partial charge in [0.05, 0.1) is 6.54 Å². The van der Waals surface area contributed by atoms with Gasteiger partial charge in [0.1, 0.15) is 11.1 Å². The molecule has 0 unspecified atom stereocenters. The Morgan fingerprint density at radius 3 is 2.89 bits per heavy atom. The fourth-order valence-electron chi connectivity index (χ4n) is 1.85. The molecule has 1 amide bonds. The number of amides is 1. The van der Waals surface area contributed by atoms with E-state index in [9.17, 15) is 13.2 Å². The standard InChI is InChI=1S/C10H16N4O3S/c1-7(18(2,16)17)10(15)11-6-9-13-12-8-4-3-5-14(8)9/h7H,3-6H2,1-2H3,(H,11,15)/t7-/m1/s1. The molecular formula is C10H16N4O3S. The summed E-state index contributed by atoms with van der Waals surface area (Å²) in [6.07, 6.45) is 2.98. The van der Waals surface area contributed by atoms with Crippen LogP contribution in [-0.2, 0) is 34.1 Å². The zero-order valence-electron chi connectivity index (χ0n) is 10.4. The van der Waals surface area contributed by atoms with Gasteiger partial charge in [-0.25, -0.2) is 8.42 Å². The van der Waals surface area contributed by atoms with Crippen molar-refractivity contribution in [2.75, 3.05) is 6.26 Å². The smallest absolute Gasteiger partial charge is 0.238 e. The van der Waals surface area contributed by atoms with Gasteiger partial charge < -0.3 is 9.88 Å². The lowest BCUT2D eigenvalue weighted by Crippen LogP contribution is -2.37. The molecule has 0 bridgehead atoms. The lowest BCUT2D eigenvalue weighted by molar-refractivity contribution is -0.120. The van der Waals surface area contributed by atoms with Gasteiger partial charge in [0.15, 0.2) is 15.7 Å². The Morgan fingerprint density at radius 1 is 1.50 bits per heavy atom. The number of carbonyl (C=O) groups excluding carboxylic acids is 1. The first-order valence-electron chi connectivity index (χ1n) is 5.77. The Kier molecular flexibility index (Phi) is 3.38. The molecule has 100 valence electrons. The zero-order valence-corrected chi connectivity index (χ0v) is 11.2. The van der Waals surface area contributed by atoms with Crippen molar-refractivity contribution in [2.24, 2.45) is 0 Å². The van der Waals surface area contributed by atoms with Crippen molar-refractivity contribution in [3.05, 3.63) is 11.6 Å². The van der Waals surface area contributed by atoms with Crippen LogP contribution in [-0.4, -0.2) is 40.6 Å². The Hall–Kier alpha value is -1.44. The minimum Gasteiger partial charge on any atom is -0.348 e. The van der Waals surface area contributed by atoms with Gasteiger partial charge in [0.25, 0.3) is 0 Å². The van der Waals surface area contributed by atoms with E-state index >= 15 is 0 Å². The van der Waals surface area contributed by atoms with Gasteiger partial charge in [-0.3, -0.25) is 4.79 Å². The highest BCUT2D eigenvalue weighted by atomic mass is 32.2. The molecule has 0 fully saturated rings. The topological polar surface area (TPSA) is 93.9 Å². The van der Waals surface area contributed by atoms with E-state index in [1.807, 2.05) is 4.57 Å². The molecule has 2 heterocycles. The lowest BCUT2D eigenvalue weighted by Gasteiger charge is -2.10. The third-order valence-electron chi connectivity index (χ3n) is 3.12. The van der Waals surface area contributed by atoms with Crippen molar-refractivity contribution in [1.29, 1.82) is 0 Å². The van der Waals surface area contributed by atoms with Gasteiger partial charge in [-0.15, -0.1) is 10.2 Å². The largest absolute Gasteiger partial charge is 0.348 e. The van der Waals surface area contributed by atoms with Crippen LogP contribution in [0.2, 0.25) is 0 Å². The van der Waals surface area contributed by atoms with Gasteiger partial charge in [-0.2, -0.15) is 0 Å². The average molecular weight is 272 g/mol. The zero-order chi connectivity index (χ0) is 13.3. The van der Waals surface area contributed by atoms with Crippen LogP contribution in [0.25, 0.3) is 0 Å². The third kappa shape index (κ3) is 2.53. The lowest BCUT2D eigenvalue weighted by atomic mass is 10.4. The van der Waals surface area contributed by atoms with E-state index in [4.69, 9.17) is 0 Å². The molecule has 0 saturated carbocycles. The second-order valence-corrected chi connectivity index (χ2v) is 6.84. The monoisotopic (exact) mass is 272 g/mol. The molecular weight excluding hydrogens is 256 g/mol. The van der Waals surface area contributed by atoms with Crippen molar-refractivity contribution in [3.8, 4) is 0 Å². The van der Waals surface area contributed by atoms with Crippen LogP contribution in [0.4, 0.5) is 0 Å². The van der Waals surface area contributed by atoms with Gasteiger partial charge in [-0.05, 0) is 13.3 Å². The fourth-order valence-corrected chi connectivity index (χ4v) is 2.32. The van der Waals surface area contributed by atoms with Gasteiger partial charge in [0.2, 0.25) is 5.91 Å². The first-order valence-corrected chi connectivity index (χ1v) is 7.72. The molecule has 1 aromatic heterocycles. The molecule has 7 nitrogen and oxygen atoms in total. The highest BCUT2D eigenvalue weighted by Crippen LogP contribution is 2.13. The maximum Gasteiger partial charge on any atom is 0.238 e. The number of nitrogens with one attached hydrogen (secondary N) is 1. The molecule has 18 heavy (non-hydrogen) atoms. The molecule has 1 aromatic rings. The molecule has 1 N–H and O–H groups in total. The number of carbonyl (C=O) groups is 1. The number of sulfone groups is 1. The number of hydrogen-bond acceptors (Lipinski definition) is 5. The minimum absolute atomic E-state index is 0.214. The number of aryl methyl sites for hydroxylation is 1. The Bertz CT molecular complexity index is 564. The van der Waals surface area contributed by atoms with Crippen LogP contribution in [0.5, 0.6) is 0 Å². The molecule has 2 rings (SSSR count). The van der Waals surface area contributed by atoms with Crippen molar-refractivity contribution >= 4 is 15.7 Å². The summed E-state index contributed by atoms with van der Waals surface area (Å²) in [6.45, 7) is 2.44. The van der Waals surface area contributed by atoms with E-state index in [1.165, 1.54) is 6.92 Å². The van der Waals surface area contributed by atoms with E-state index in [2.05, 4.69) is 15.5 Å². The average Bonchev–Trinajstić information content (AvgIpc) is 2.86. The Balaban J connectivity index is 1.98. The SMILES string of the molecule is C[C@H](C(=O)NCc1nnc2n1CCC2)S(C)(=O)=O. The van der Waals surface area contributed by atoms with Crippen LogP contribution in [0.3, 0.4) is 0 Å². The number of hydrogen-bond donors (Lipinski definition) is 1. The van der Waals surface area contributed by atoms with Crippen molar-refractivity contribution < 1.29 is 13.2 Å². The van der Waals surface area contributed by atoms with Crippen LogP contribution in [0, 0.1) is 0 Å². The maximum atomic E-state index is 11.6. The molecule has 0 spiro atoms. The number of aromatic nitrogens is 3. The van der Waals surface area contributed by atoms with Crippen LogP contribution in [0.1, 0.15) is 25.0 Å². The third-order valence-corrected chi connectivity index (χ3v) is 4.62. The summed E-state index contributed by atoms with van der Waals surface area (Å²) >= 11 is 0. The van der Waals surface area contributed by atoms with Crippen LogP contribution < -0.4 is 5.32 Å². The fraction of sp³-hybridized carbons (Fsp3) is 0.700. The molecule has 1 aliphatic rings.